The predicted molar refractivity (Wildman–Crippen MR) is 85.9 cm³/mol. The second-order valence-corrected chi connectivity index (χ2v) is 6.40. The van der Waals surface area contributed by atoms with Crippen LogP contribution in [0.5, 0.6) is 5.88 Å². The molecule has 1 aromatic heterocycles. The van der Waals surface area contributed by atoms with Crippen molar-refractivity contribution in [2.45, 2.75) is 52.7 Å². The van der Waals surface area contributed by atoms with Crippen molar-refractivity contribution in [1.29, 1.82) is 0 Å². The van der Waals surface area contributed by atoms with Crippen LogP contribution in [-0.2, 0) is 0 Å². The molecule has 1 aromatic rings. The van der Waals surface area contributed by atoms with Crippen molar-refractivity contribution in [1.82, 2.24) is 15.3 Å². The van der Waals surface area contributed by atoms with Crippen LogP contribution in [0.15, 0.2) is 12.4 Å². The number of hydrogen-bond acceptors (Lipinski definition) is 5. The Hall–Kier alpha value is -1.36. The van der Waals surface area contributed by atoms with Gasteiger partial charge in [-0.2, -0.15) is 0 Å². The summed E-state index contributed by atoms with van der Waals surface area (Å²) < 4.78 is 5.66. The Morgan fingerprint density at radius 3 is 2.86 bits per heavy atom. The van der Waals surface area contributed by atoms with Gasteiger partial charge in [0.15, 0.2) is 0 Å². The summed E-state index contributed by atoms with van der Waals surface area (Å²) in [6.07, 6.45) is 4.24. The van der Waals surface area contributed by atoms with Crippen molar-refractivity contribution in [2.75, 3.05) is 24.5 Å². The third-order valence-electron chi connectivity index (χ3n) is 3.64. The Balaban J connectivity index is 1.97. The number of piperidine rings is 1. The molecule has 2 heterocycles. The molecule has 0 aliphatic carbocycles. The minimum Gasteiger partial charge on any atom is -0.475 e. The van der Waals surface area contributed by atoms with E-state index < -0.39 is 0 Å². The zero-order valence-corrected chi connectivity index (χ0v) is 13.7. The third kappa shape index (κ3) is 5.16. The Morgan fingerprint density at radius 1 is 1.33 bits per heavy atom. The number of ether oxygens (including phenoxy) is 1. The standard InChI is InChI=1S/C16H28N4O/c1-12(2)17-9-14-6-5-7-20(10-14)15-8-16(19-11-18-15)21-13(3)4/h8,11-14,17H,5-7,9-10H2,1-4H3. The zero-order valence-electron chi connectivity index (χ0n) is 13.7. The summed E-state index contributed by atoms with van der Waals surface area (Å²) in [6, 6.07) is 2.50. The highest BCUT2D eigenvalue weighted by Gasteiger charge is 2.21. The number of aromatic nitrogens is 2. The second kappa shape index (κ2) is 7.59. The molecule has 1 saturated heterocycles. The molecule has 21 heavy (non-hydrogen) atoms. The molecule has 118 valence electrons. The van der Waals surface area contributed by atoms with Gasteiger partial charge in [0.25, 0.3) is 0 Å². The first-order valence-electron chi connectivity index (χ1n) is 8.01. The minimum atomic E-state index is 0.136. The summed E-state index contributed by atoms with van der Waals surface area (Å²) in [5.41, 5.74) is 0. The molecule has 1 unspecified atom stereocenters. The number of nitrogens with one attached hydrogen (secondary N) is 1. The van der Waals surface area contributed by atoms with E-state index in [-0.39, 0.29) is 6.10 Å². The van der Waals surface area contributed by atoms with Crippen LogP contribution in [-0.4, -0.2) is 41.7 Å². The lowest BCUT2D eigenvalue weighted by molar-refractivity contribution is 0.232. The summed E-state index contributed by atoms with van der Waals surface area (Å²) in [5.74, 6) is 2.33. The first kappa shape index (κ1) is 16.0. The van der Waals surface area contributed by atoms with E-state index in [4.69, 9.17) is 4.74 Å². The number of hydrogen-bond donors (Lipinski definition) is 1. The molecular weight excluding hydrogens is 264 g/mol. The molecule has 2 rings (SSSR count). The topological polar surface area (TPSA) is 50.3 Å². The molecular formula is C16H28N4O. The summed E-state index contributed by atoms with van der Waals surface area (Å²) in [4.78, 5) is 10.9. The Bertz CT molecular complexity index is 436. The maximum Gasteiger partial charge on any atom is 0.218 e. The van der Waals surface area contributed by atoms with E-state index in [1.54, 1.807) is 6.33 Å². The lowest BCUT2D eigenvalue weighted by atomic mass is 9.98. The van der Waals surface area contributed by atoms with Crippen molar-refractivity contribution in [2.24, 2.45) is 5.92 Å². The van der Waals surface area contributed by atoms with Crippen LogP contribution >= 0.6 is 0 Å². The molecule has 0 amide bonds. The molecule has 1 fully saturated rings. The van der Waals surface area contributed by atoms with E-state index in [0.29, 0.717) is 17.8 Å². The predicted octanol–water partition coefficient (Wildman–Crippen LogP) is 2.48. The van der Waals surface area contributed by atoms with Gasteiger partial charge in [-0.15, -0.1) is 0 Å². The summed E-state index contributed by atoms with van der Waals surface area (Å²) in [6.45, 7) is 11.6. The highest BCUT2D eigenvalue weighted by molar-refractivity contribution is 5.41. The molecule has 1 N–H and O–H groups in total. The fraction of sp³-hybridized carbons (Fsp3) is 0.750. The monoisotopic (exact) mass is 292 g/mol. The SMILES string of the molecule is CC(C)NCC1CCCN(c2cc(OC(C)C)ncn2)C1. The van der Waals surface area contributed by atoms with Crippen molar-refractivity contribution in [3.63, 3.8) is 0 Å². The number of anilines is 1. The first-order chi connectivity index (χ1) is 10.0. The van der Waals surface area contributed by atoms with Crippen LogP contribution in [0, 0.1) is 5.92 Å². The van der Waals surface area contributed by atoms with E-state index in [0.717, 1.165) is 25.5 Å². The fourth-order valence-electron chi connectivity index (χ4n) is 2.65. The van der Waals surface area contributed by atoms with Crippen molar-refractivity contribution in [3.05, 3.63) is 12.4 Å². The third-order valence-corrected chi connectivity index (χ3v) is 3.64. The number of rotatable bonds is 6. The van der Waals surface area contributed by atoms with Crippen LogP contribution in [0.3, 0.4) is 0 Å². The lowest BCUT2D eigenvalue weighted by Gasteiger charge is -2.34. The average molecular weight is 292 g/mol. The minimum absolute atomic E-state index is 0.136. The normalized spacial score (nSPS) is 19.3. The van der Waals surface area contributed by atoms with E-state index in [9.17, 15) is 0 Å². The molecule has 1 atom stereocenters. The van der Waals surface area contributed by atoms with E-state index >= 15 is 0 Å². The van der Waals surface area contributed by atoms with Crippen LogP contribution in [0.4, 0.5) is 5.82 Å². The molecule has 0 bridgehead atoms. The van der Waals surface area contributed by atoms with Gasteiger partial charge in [0.05, 0.1) is 6.10 Å². The molecule has 0 saturated carbocycles. The summed E-state index contributed by atoms with van der Waals surface area (Å²) >= 11 is 0. The Labute approximate surface area is 128 Å². The van der Waals surface area contributed by atoms with Crippen molar-refractivity contribution >= 4 is 5.82 Å². The van der Waals surface area contributed by atoms with E-state index in [1.807, 2.05) is 19.9 Å². The van der Waals surface area contributed by atoms with Gasteiger partial charge in [-0.05, 0) is 39.2 Å². The summed E-state index contributed by atoms with van der Waals surface area (Å²) in [5, 5.41) is 3.54. The van der Waals surface area contributed by atoms with Gasteiger partial charge < -0.3 is 15.0 Å². The van der Waals surface area contributed by atoms with Crippen molar-refractivity contribution in [3.8, 4) is 5.88 Å². The molecule has 0 aromatic carbocycles. The molecule has 1 aliphatic rings. The van der Waals surface area contributed by atoms with Gasteiger partial charge in [-0.3, -0.25) is 0 Å². The number of nitrogens with zero attached hydrogens (tertiary/aromatic N) is 3. The van der Waals surface area contributed by atoms with E-state index in [2.05, 4.69) is 34.0 Å². The Kier molecular flexibility index (Phi) is 5.79. The molecule has 5 nitrogen and oxygen atoms in total. The first-order valence-corrected chi connectivity index (χ1v) is 8.01. The van der Waals surface area contributed by atoms with Gasteiger partial charge in [-0.1, -0.05) is 13.8 Å². The second-order valence-electron chi connectivity index (χ2n) is 6.40. The van der Waals surface area contributed by atoms with Crippen molar-refractivity contribution < 1.29 is 4.74 Å². The zero-order chi connectivity index (χ0) is 15.2. The van der Waals surface area contributed by atoms with Crippen LogP contribution < -0.4 is 15.0 Å². The fourth-order valence-corrected chi connectivity index (χ4v) is 2.65. The van der Waals surface area contributed by atoms with Gasteiger partial charge in [-0.25, -0.2) is 9.97 Å². The van der Waals surface area contributed by atoms with Crippen LogP contribution in [0.1, 0.15) is 40.5 Å². The van der Waals surface area contributed by atoms with Gasteiger partial charge in [0.2, 0.25) is 5.88 Å². The van der Waals surface area contributed by atoms with Crippen LogP contribution in [0.2, 0.25) is 0 Å². The molecule has 0 spiro atoms. The highest BCUT2D eigenvalue weighted by Crippen LogP contribution is 2.23. The molecule has 5 heteroatoms. The highest BCUT2D eigenvalue weighted by atomic mass is 16.5. The van der Waals surface area contributed by atoms with Crippen LogP contribution in [0.25, 0.3) is 0 Å². The maximum absolute atomic E-state index is 5.66. The summed E-state index contributed by atoms with van der Waals surface area (Å²) in [7, 11) is 0. The quantitative estimate of drug-likeness (QED) is 0.873. The van der Waals surface area contributed by atoms with E-state index in [1.165, 1.54) is 12.8 Å². The lowest BCUT2D eigenvalue weighted by Crippen LogP contribution is -2.41. The Morgan fingerprint density at radius 2 is 2.14 bits per heavy atom. The van der Waals surface area contributed by atoms with Gasteiger partial charge in [0.1, 0.15) is 12.1 Å². The smallest absolute Gasteiger partial charge is 0.218 e. The van der Waals surface area contributed by atoms with Gasteiger partial charge in [0, 0.05) is 25.2 Å². The molecule has 0 radical (unpaired) electrons. The largest absolute Gasteiger partial charge is 0.475 e. The van der Waals surface area contributed by atoms with Gasteiger partial charge >= 0.3 is 0 Å². The maximum atomic E-state index is 5.66. The average Bonchev–Trinajstić information content (AvgIpc) is 2.45. The molecule has 1 aliphatic heterocycles.